The van der Waals surface area contributed by atoms with E-state index in [4.69, 9.17) is 9.47 Å². The van der Waals surface area contributed by atoms with Crippen molar-refractivity contribution < 1.29 is 14.3 Å². The Bertz CT molecular complexity index is 1180. The Balaban J connectivity index is 1.65. The average molecular weight is 495 g/mol. The van der Waals surface area contributed by atoms with Crippen LogP contribution in [0, 0.1) is 18.3 Å². The molecule has 0 bridgehead atoms. The predicted molar refractivity (Wildman–Crippen MR) is 137 cm³/mol. The van der Waals surface area contributed by atoms with Crippen molar-refractivity contribution in [1.29, 1.82) is 5.26 Å². The number of nitrogens with one attached hydrogen (secondary N) is 1. The molecule has 0 unspecified atom stereocenters. The van der Waals surface area contributed by atoms with Crippen LogP contribution in [0.15, 0.2) is 52.9 Å². The lowest BCUT2D eigenvalue weighted by Gasteiger charge is -2.13. The van der Waals surface area contributed by atoms with Crippen LogP contribution in [0.2, 0.25) is 0 Å². The molecule has 7 nitrogen and oxygen atoms in total. The number of amides is 1. The van der Waals surface area contributed by atoms with Gasteiger partial charge in [-0.1, -0.05) is 42.0 Å². The van der Waals surface area contributed by atoms with Gasteiger partial charge in [0.2, 0.25) is 5.13 Å². The second-order valence-electron chi connectivity index (χ2n) is 7.13. The SMILES string of the molecule is CCOc1cc(C=C(C#N)C(=O)Nc2nnc(CC)s2)ccc1OCCSc1ccc(C)cc1. The molecule has 1 aromatic heterocycles. The highest BCUT2D eigenvalue weighted by Crippen LogP contribution is 2.30. The van der Waals surface area contributed by atoms with Crippen LogP contribution in [0.3, 0.4) is 0 Å². The van der Waals surface area contributed by atoms with Crippen molar-refractivity contribution in [2.45, 2.75) is 32.1 Å². The summed E-state index contributed by atoms with van der Waals surface area (Å²) in [6.07, 6.45) is 2.24. The van der Waals surface area contributed by atoms with Gasteiger partial charge in [0.15, 0.2) is 11.5 Å². The van der Waals surface area contributed by atoms with E-state index in [2.05, 4.69) is 46.7 Å². The molecule has 3 aromatic rings. The number of nitriles is 1. The molecule has 3 rings (SSSR count). The van der Waals surface area contributed by atoms with Crippen LogP contribution >= 0.6 is 23.1 Å². The molecule has 0 aliphatic rings. The number of ether oxygens (including phenoxy) is 2. The van der Waals surface area contributed by atoms with Crippen molar-refractivity contribution in [3.05, 3.63) is 64.2 Å². The van der Waals surface area contributed by atoms with E-state index in [1.807, 2.05) is 19.9 Å². The van der Waals surface area contributed by atoms with Gasteiger partial charge in [-0.05, 0) is 56.2 Å². The molecule has 0 saturated carbocycles. The first-order chi connectivity index (χ1) is 16.5. The molecule has 1 N–H and O–H groups in total. The second kappa shape index (κ2) is 12.8. The van der Waals surface area contributed by atoms with E-state index >= 15 is 0 Å². The zero-order chi connectivity index (χ0) is 24.3. The largest absolute Gasteiger partial charge is 0.490 e. The minimum Gasteiger partial charge on any atom is -0.490 e. The summed E-state index contributed by atoms with van der Waals surface area (Å²) in [5.74, 6) is 1.44. The van der Waals surface area contributed by atoms with Crippen molar-refractivity contribution >= 4 is 40.2 Å². The number of hydrogen-bond acceptors (Lipinski definition) is 8. The average Bonchev–Trinajstić information content (AvgIpc) is 3.30. The van der Waals surface area contributed by atoms with Crippen LogP contribution in [-0.4, -0.2) is 35.1 Å². The molecule has 1 amide bonds. The van der Waals surface area contributed by atoms with Crippen molar-refractivity contribution in [2.75, 3.05) is 24.3 Å². The predicted octanol–water partition coefficient (Wildman–Crippen LogP) is 5.52. The van der Waals surface area contributed by atoms with E-state index in [-0.39, 0.29) is 5.57 Å². The summed E-state index contributed by atoms with van der Waals surface area (Å²) in [6.45, 7) is 6.89. The van der Waals surface area contributed by atoms with Crippen molar-refractivity contribution in [1.82, 2.24) is 10.2 Å². The molecule has 0 aliphatic carbocycles. The number of aromatic nitrogens is 2. The van der Waals surface area contributed by atoms with E-state index in [0.717, 1.165) is 17.2 Å². The lowest BCUT2D eigenvalue weighted by atomic mass is 10.1. The van der Waals surface area contributed by atoms with Gasteiger partial charge >= 0.3 is 0 Å². The monoisotopic (exact) mass is 494 g/mol. The van der Waals surface area contributed by atoms with Gasteiger partial charge in [-0.25, -0.2) is 0 Å². The molecule has 2 aromatic carbocycles. The summed E-state index contributed by atoms with van der Waals surface area (Å²) in [7, 11) is 0. The van der Waals surface area contributed by atoms with Gasteiger partial charge in [0.25, 0.3) is 5.91 Å². The maximum atomic E-state index is 12.5. The molecular formula is C25H26N4O3S2. The molecule has 34 heavy (non-hydrogen) atoms. The molecule has 0 radical (unpaired) electrons. The van der Waals surface area contributed by atoms with E-state index in [1.54, 1.807) is 30.0 Å². The number of nitrogens with zero attached hydrogens (tertiary/aromatic N) is 3. The minimum absolute atomic E-state index is 0.0427. The summed E-state index contributed by atoms with van der Waals surface area (Å²) in [5, 5.41) is 21.2. The molecule has 9 heteroatoms. The number of carbonyl (C=O) groups is 1. The van der Waals surface area contributed by atoms with Crippen molar-refractivity contribution in [3.8, 4) is 17.6 Å². The van der Waals surface area contributed by atoms with Crippen LogP contribution in [0.5, 0.6) is 11.5 Å². The summed E-state index contributed by atoms with van der Waals surface area (Å²) >= 11 is 3.01. The lowest BCUT2D eigenvalue weighted by Crippen LogP contribution is -2.13. The maximum Gasteiger partial charge on any atom is 0.268 e. The van der Waals surface area contributed by atoms with Gasteiger partial charge in [0.1, 0.15) is 16.6 Å². The minimum atomic E-state index is -0.535. The number of hydrogen-bond donors (Lipinski definition) is 1. The smallest absolute Gasteiger partial charge is 0.268 e. The van der Waals surface area contributed by atoms with Crippen molar-refractivity contribution in [2.24, 2.45) is 0 Å². The van der Waals surface area contributed by atoms with Crippen LogP contribution in [-0.2, 0) is 11.2 Å². The van der Waals surface area contributed by atoms with Gasteiger partial charge in [0, 0.05) is 10.6 Å². The Morgan fingerprint density at radius 2 is 1.94 bits per heavy atom. The highest BCUT2D eigenvalue weighted by atomic mass is 32.2. The summed E-state index contributed by atoms with van der Waals surface area (Å²) in [5.41, 5.74) is 1.85. The maximum absolute atomic E-state index is 12.5. The standard InChI is InChI=1S/C25H26N4O3S2/c1-4-23-28-29-25(34-23)27-24(30)19(16-26)14-18-8-11-21(22(15-18)31-5-2)32-12-13-33-20-9-6-17(3)7-10-20/h6-11,14-15H,4-5,12-13H2,1-3H3,(H,27,29,30). The number of rotatable bonds is 11. The highest BCUT2D eigenvalue weighted by Gasteiger charge is 2.14. The number of anilines is 1. The Hall–Kier alpha value is -3.35. The first kappa shape index (κ1) is 25.3. The zero-order valence-corrected chi connectivity index (χ0v) is 21.0. The third kappa shape index (κ3) is 7.33. The summed E-state index contributed by atoms with van der Waals surface area (Å²) in [4.78, 5) is 13.7. The Morgan fingerprint density at radius 3 is 2.62 bits per heavy atom. The zero-order valence-electron chi connectivity index (χ0n) is 19.3. The normalized spacial score (nSPS) is 11.1. The van der Waals surface area contributed by atoms with Crippen LogP contribution in [0.25, 0.3) is 6.08 Å². The second-order valence-corrected chi connectivity index (χ2v) is 9.36. The third-order valence-corrected chi connectivity index (χ3v) is 6.52. The fraction of sp³-hybridized carbons (Fsp3) is 0.280. The van der Waals surface area contributed by atoms with E-state index < -0.39 is 5.91 Å². The van der Waals surface area contributed by atoms with Gasteiger partial charge in [-0.3, -0.25) is 10.1 Å². The first-order valence-electron chi connectivity index (χ1n) is 10.9. The molecule has 0 saturated heterocycles. The fourth-order valence-electron chi connectivity index (χ4n) is 2.87. The van der Waals surface area contributed by atoms with Crippen LogP contribution in [0.1, 0.15) is 30.0 Å². The van der Waals surface area contributed by atoms with E-state index in [1.165, 1.54) is 27.9 Å². The van der Waals surface area contributed by atoms with Gasteiger partial charge in [-0.15, -0.1) is 22.0 Å². The third-order valence-electron chi connectivity index (χ3n) is 4.56. The number of thioether (sulfide) groups is 1. The van der Waals surface area contributed by atoms with Gasteiger partial charge in [0.05, 0.1) is 13.2 Å². The first-order valence-corrected chi connectivity index (χ1v) is 12.7. The molecule has 0 spiro atoms. The summed E-state index contributed by atoms with van der Waals surface area (Å²) < 4.78 is 11.7. The Labute approximate surface area is 207 Å². The van der Waals surface area contributed by atoms with Gasteiger partial charge in [-0.2, -0.15) is 5.26 Å². The topological polar surface area (TPSA) is 97.1 Å². The molecule has 0 fully saturated rings. The van der Waals surface area contributed by atoms with E-state index in [9.17, 15) is 10.1 Å². The highest BCUT2D eigenvalue weighted by molar-refractivity contribution is 7.99. The molecular weight excluding hydrogens is 468 g/mol. The van der Waals surface area contributed by atoms with Crippen LogP contribution < -0.4 is 14.8 Å². The number of carbonyl (C=O) groups excluding carboxylic acids is 1. The molecule has 0 atom stereocenters. The lowest BCUT2D eigenvalue weighted by molar-refractivity contribution is -0.112. The Kier molecular flexibility index (Phi) is 9.50. The number of aryl methyl sites for hydroxylation is 2. The van der Waals surface area contributed by atoms with Crippen LogP contribution in [0.4, 0.5) is 5.13 Å². The number of benzene rings is 2. The van der Waals surface area contributed by atoms with Gasteiger partial charge < -0.3 is 9.47 Å². The summed E-state index contributed by atoms with van der Waals surface area (Å²) in [6, 6.07) is 15.7. The fourth-order valence-corrected chi connectivity index (χ4v) is 4.28. The molecule has 0 aliphatic heterocycles. The van der Waals surface area contributed by atoms with E-state index in [0.29, 0.717) is 35.4 Å². The quantitative estimate of drug-likeness (QED) is 0.162. The van der Waals surface area contributed by atoms with Crippen molar-refractivity contribution in [3.63, 3.8) is 0 Å². The molecule has 1 heterocycles. The Morgan fingerprint density at radius 1 is 1.15 bits per heavy atom. The molecule has 176 valence electrons.